The van der Waals surface area contributed by atoms with Crippen LogP contribution in [-0.4, -0.2) is 56.5 Å². The molecule has 0 saturated carbocycles. The summed E-state index contributed by atoms with van der Waals surface area (Å²) in [4.78, 5) is 28.6. The maximum Gasteiger partial charge on any atom is 0.257 e. The highest BCUT2D eigenvalue weighted by Crippen LogP contribution is 2.20. The molecule has 7 nitrogen and oxygen atoms in total. The number of imidazole rings is 1. The number of carbonyl (C=O) groups is 1. The van der Waals surface area contributed by atoms with Crippen molar-refractivity contribution in [1.29, 1.82) is 0 Å². The first-order chi connectivity index (χ1) is 14.0. The van der Waals surface area contributed by atoms with E-state index in [1.54, 1.807) is 12.4 Å². The van der Waals surface area contributed by atoms with E-state index in [0.29, 0.717) is 37.8 Å². The average molecular weight is 402 g/mol. The first-order valence-electron chi connectivity index (χ1n) is 8.96. The smallest absolute Gasteiger partial charge is 0.257 e. The van der Waals surface area contributed by atoms with Gasteiger partial charge in [0.05, 0.1) is 5.56 Å². The van der Waals surface area contributed by atoms with Gasteiger partial charge >= 0.3 is 0 Å². The van der Waals surface area contributed by atoms with Crippen LogP contribution < -0.4 is 4.90 Å². The Hall–Kier alpha value is -3.43. The van der Waals surface area contributed by atoms with E-state index < -0.39 is 28.9 Å². The third kappa shape index (κ3) is 3.53. The van der Waals surface area contributed by atoms with Gasteiger partial charge in [0.2, 0.25) is 0 Å². The third-order valence-electron chi connectivity index (χ3n) is 4.87. The molecule has 0 unspecified atom stereocenters. The number of amides is 1. The summed E-state index contributed by atoms with van der Waals surface area (Å²) in [7, 11) is 0. The molecular weight excluding hydrogens is 385 g/mol. The second-order valence-corrected chi connectivity index (χ2v) is 6.58. The fraction of sp³-hybridized carbons (Fsp3) is 0.263. The van der Waals surface area contributed by atoms with Gasteiger partial charge in [-0.25, -0.2) is 28.1 Å². The number of halogens is 3. The van der Waals surface area contributed by atoms with Crippen LogP contribution in [0.15, 0.2) is 36.9 Å². The van der Waals surface area contributed by atoms with Crippen molar-refractivity contribution < 1.29 is 18.0 Å². The molecule has 4 rings (SSSR count). The predicted molar refractivity (Wildman–Crippen MR) is 98.3 cm³/mol. The van der Waals surface area contributed by atoms with Crippen LogP contribution in [0, 0.1) is 24.4 Å². The summed E-state index contributed by atoms with van der Waals surface area (Å²) < 4.78 is 42.3. The molecule has 1 aliphatic heterocycles. The highest BCUT2D eigenvalue weighted by atomic mass is 19.2. The van der Waals surface area contributed by atoms with Crippen molar-refractivity contribution in [2.45, 2.75) is 6.92 Å². The predicted octanol–water partition coefficient (Wildman–Crippen LogP) is 2.35. The number of nitrogens with zero attached hydrogens (tertiary/aromatic N) is 6. The summed E-state index contributed by atoms with van der Waals surface area (Å²) in [6.45, 7) is 3.36. The Morgan fingerprint density at radius 2 is 1.69 bits per heavy atom. The molecule has 29 heavy (non-hydrogen) atoms. The van der Waals surface area contributed by atoms with Gasteiger partial charge in [-0.3, -0.25) is 9.36 Å². The zero-order valence-electron chi connectivity index (χ0n) is 15.5. The largest absolute Gasteiger partial charge is 0.353 e. The second-order valence-electron chi connectivity index (χ2n) is 6.58. The minimum absolute atomic E-state index is 0.292. The van der Waals surface area contributed by atoms with Gasteiger partial charge in [-0.1, -0.05) is 0 Å². The summed E-state index contributed by atoms with van der Waals surface area (Å²) in [5.41, 5.74) is -0.475. The van der Waals surface area contributed by atoms with Gasteiger partial charge in [0.15, 0.2) is 17.5 Å². The maximum absolute atomic E-state index is 13.9. The molecule has 0 radical (unpaired) electrons. The van der Waals surface area contributed by atoms with Gasteiger partial charge in [0, 0.05) is 44.6 Å². The van der Waals surface area contributed by atoms with Crippen molar-refractivity contribution in [3.8, 4) is 5.82 Å². The number of hydrogen-bond acceptors (Lipinski definition) is 5. The lowest BCUT2D eigenvalue weighted by Gasteiger charge is -2.35. The highest BCUT2D eigenvalue weighted by Gasteiger charge is 2.27. The van der Waals surface area contributed by atoms with Crippen LogP contribution >= 0.6 is 0 Å². The summed E-state index contributed by atoms with van der Waals surface area (Å²) in [6.07, 6.45) is 4.94. The zero-order chi connectivity index (χ0) is 20.5. The summed E-state index contributed by atoms with van der Waals surface area (Å²) >= 11 is 0. The van der Waals surface area contributed by atoms with Crippen LogP contribution in [0.3, 0.4) is 0 Å². The number of carbonyl (C=O) groups excluding carboxylic acids is 1. The summed E-state index contributed by atoms with van der Waals surface area (Å²) in [6, 6.07) is 3.54. The number of piperazine rings is 1. The third-order valence-corrected chi connectivity index (χ3v) is 4.87. The SMILES string of the molecule is Cc1nccn1-c1cc(N2CCN(C(=O)c3ccc(F)c(F)c3F)CC2)ncn1. The van der Waals surface area contributed by atoms with Gasteiger partial charge in [-0.15, -0.1) is 0 Å². The number of hydrogen-bond donors (Lipinski definition) is 0. The molecule has 3 aromatic rings. The zero-order valence-corrected chi connectivity index (χ0v) is 15.5. The van der Waals surface area contributed by atoms with Gasteiger partial charge in [0.25, 0.3) is 5.91 Å². The topological polar surface area (TPSA) is 67.2 Å². The molecule has 0 aliphatic carbocycles. The van der Waals surface area contributed by atoms with E-state index in [1.165, 1.54) is 11.2 Å². The van der Waals surface area contributed by atoms with Crippen molar-refractivity contribution >= 4 is 11.7 Å². The number of rotatable bonds is 3. The minimum atomic E-state index is -1.64. The quantitative estimate of drug-likeness (QED) is 0.630. The molecule has 150 valence electrons. The van der Waals surface area contributed by atoms with Gasteiger partial charge in [-0.05, 0) is 19.1 Å². The number of aromatic nitrogens is 4. The van der Waals surface area contributed by atoms with Crippen molar-refractivity contribution in [2.75, 3.05) is 31.1 Å². The molecule has 1 fully saturated rings. The maximum atomic E-state index is 13.9. The molecule has 1 aliphatic rings. The van der Waals surface area contributed by atoms with Crippen LogP contribution in [0.1, 0.15) is 16.2 Å². The van der Waals surface area contributed by atoms with E-state index in [1.807, 2.05) is 22.5 Å². The standard InChI is InChI=1S/C19H17F3N6O/c1-12-23-4-5-28(12)16-10-15(24-11-25-16)26-6-8-27(9-7-26)19(29)13-2-3-14(20)18(22)17(13)21/h2-5,10-11H,6-9H2,1H3. The van der Waals surface area contributed by atoms with Crippen LogP contribution in [0.2, 0.25) is 0 Å². The van der Waals surface area contributed by atoms with Crippen molar-refractivity contribution in [3.05, 3.63) is 65.8 Å². The number of aryl methyl sites for hydroxylation is 1. The Labute approximate surface area is 164 Å². The minimum Gasteiger partial charge on any atom is -0.353 e. The fourth-order valence-corrected chi connectivity index (χ4v) is 3.26. The van der Waals surface area contributed by atoms with E-state index >= 15 is 0 Å². The molecule has 10 heteroatoms. The Kier molecular flexibility index (Phi) is 4.91. The molecule has 0 N–H and O–H groups in total. The molecule has 0 atom stereocenters. The highest BCUT2D eigenvalue weighted by molar-refractivity contribution is 5.94. The molecule has 0 spiro atoms. The van der Waals surface area contributed by atoms with Crippen LogP contribution in [0.25, 0.3) is 5.82 Å². The molecule has 1 aromatic carbocycles. The Bertz CT molecular complexity index is 1060. The summed E-state index contributed by atoms with van der Waals surface area (Å²) in [5, 5.41) is 0. The van der Waals surface area contributed by atoms with Crippen LogP contribution in [0.4, 0.5) is 19.0 Å². The number of anilines is 1. The van der Waals surface area contributed by atoms with E-state index in [9.17, 15) is 18.0 Å². The molecular formula is C19H17F3N6O. The average Bonchev–Trinajstić information content (AvgIpc) is 3.18. The van der Waals surface area contributed by atoms with Gasteiger partial charge < -0.3 is 9.80 Å². The van der Waals surface area contributed by atoms with E-state index in [-0.39, 0.29) is 0 Å². The van der Waals surface area contributed by atoms with E-state index in [2.05, 4.69) is 15.0 Å². The monoisotopic (exact) mass is 402 g/mol. The lowest BCUT2D eigenvalue weighted by atomic mass is 10.1. The van der Waals surface area contributed by atoms with E-state index in [4.69, 9.17) is 0 Å². The lowest BCUT2D eigenvalue weighted by Crippen LogP contribution is -2.49. The molecule has 1 amide bonds. The fourth-order valence-electron chi connectivity index (χ4n) is 3.26. The van der Waals surface area contributed by atoms with Crippen molar-refractivity contribution in [3.63, 3.8) is 0 Å². The lowest BCUT2D eigenvalue weighted by molar-refractivity contribution is 0.0740. The summed E-state index contributed by atoms with van der Waals surface area (Å²) in [5.74, 6) is -2.94. The Morgan fingerprint density at radius 1 is 0.966 bits per heavy atom. The second kappa shape index (κ2) is 7.53. The van der Waals surface area contributed by atoms with Gasteiger partial charge in [-0.2, -0.15) is 0 Å². The van der Waals surface area contributed by atoms with Crippen molar-refractivity contribution in [1.82, 2.24) is 24.4 Å². The first-order valence-corrected chi connectivity index (χ1v) is 8.96. The molecule has 2 aromatic heterocycles. The van der Waals surface area contributed by atoms with Crippen LogP contribution in [-0.2, 0) is 0 Å². The Morgan fingerprint density at radius 3 is 2.38 bits per heavy atom. The van der Waals surface area contributed by atoms with E-state index in [0.717, 1.165) is 18.0 Å². The molecule has 1 saturated heterocycles. The number of benzene rings is 1. The first kappa shape index (κ1) is 18.9. The normalized spacial score (nSPS) is 14.3. The van der Waals surface area contributed by atoms with Gasteiger partial charge in [0.1, 0.15) is 23.8 Å². The Balaban J connectivity index is 1.47. The molecule has 0 bridgehead atoms. The van der Waals surface area contributed by atoms with Crippen molar-refractivity contribution in [2.24, 2.45) is 0 Å². The molecule has 3 heterocycles. The van der Waals surface area contributed by atoms with Crippen LogP contribution in [0.5, 0.6) is 0 Å².